The largest absolute Gasteiger partial charge is 0.353 e. The molecular formula is C15H19N5. The summed E-state index contributed by atoms with van der Waals surface area (Å²) in [5.41, 5.74) is 2.16. The van der Waals surface area contributed by atoms with Gasteiger partial charge in [-0.05, 0) is 19.4 Å². The molecular weight excluding hydrogens is 250 g/mol. The molecule has 2 aromatic rings. The van der Waals surface area contributed by atoms with Crippen LogP contribution in [0.4, 0.5) is 5.82 Å². The fourth-order valence-corrected chi connectivity index (χ4v) is 3.30. The van der Waals surface area contributed by atoms with Crippen molar-refractivity contribution in [2.45, 2.75) is 19.4 Å². The summed E-state index contributed by atoms with van der Waals surface area (Å²) in [6.45, 7) is 6.37. The molecule has 0 aromatic carbocycles. The summed E-state index contributed by atoms with van der Waals surface area (Å²) in [6, 6.07) is 2.77. The molecule has 0 radical (unpaired) electrons. The first-order valence-corrected chi connectivity index (χ1v) is 7.26. The minimum atomic E-state index is 0.649. The molecule has 2 aliphatic heterocycles. The average molecular weight is 269 g/mol. The van der Waals surface area contributed by atoms with Crippen molar-refractivity contribution in [2.75, 3.05) is 31.1 Å². The lowest BCUT2D eigenvalue weighted by Gasteiger charge is -2.24. The van der Waals surface area contributed by atoms with Crippen LogP contribution in [0.5, 0.6) is 0 Å². The predicted octanol–water partition coefficient (Wildman–Crippen LogP) is 1.49. The third kappa shape index (κ3) is 1.89. The molecule has 0 amide bonds. The van der Waals surface area contributed by atoms with Crippen LogP contribution in [0, 0.1) is 6.92 Å². The van der Waals surface area contributed by atoms with Crippen molar-refractivity contribution in [3.8, 4) is 0 Å². The van der Waals surface area contributed by atoms with Gasteiger partial charge in [-0.15, -0.1) is 0 Å². The highest BCUT2D eigenvalue weighted by molar-refractivity contribution is 5.69. The summed E-state index contributed by atoms with van der Waals surface area (Å²) in [7, 11) is 0. The Morgan fingerprint density at radius 3 is 2.95 bits per heavy atom. The zero-order chi connectivity index (χ0) is 13.5. The van der Waals surface area contributed by atoms with Gasteiger partial charge in [-0.3, -0.25) is 4.90 Å². The van der Waals surface area contributed by atoms with E-state index < -0.39 is 0 Å². The maximum Gasteiger partial charge on any atom is 0.154 e. The van der Waals surface area contributed by atoms with Crippen molar-refractivity contribution in [2.24, 2.45) is 0 Å². The van der Waals surface area contributed by atoms with Crippen LogP contribution in [0.2, 0.25) is 0 Å². The summed E-state index contributed by atoms with van der Waals surface area (Å²) in [6.07, 6.45) is 9.52. The van der Waals surface area contributed by atoms with Crippen LogP contribution < -0.4 is 4.90 Å². The molecule has 0 saturated carbocycles. The standard InChI is InChI=1S/C15H19N5/c1-12-10-14-15(16-5-9-20(14)17-12)19-8-4-13(11-19)18-6-2-3-7-18/h2-3,5,9-10,13H,4,6-8,11H2,1H3. The highest BCUT2D eigenvalue weighted by atomic mass is 15.3. The highest BCUT2D eigenvalue weighted by Crippen LogP contribution is 2.26. The Labute approximate surface area is 118 Å². The number of fused-ring (bicyclic) bond motifs is 1. The molecule has 2 aromatic heterocycles. The van der Waals surface area contributed by atoms with E-state index in [1.165, 1.54) is 6.42 Å². The van der Waals surface area contributed by atoms with E-state index in [0.29, 0.717) is 6.04 Å². The molecule has 0 spiro atoms. The van der Waals surface area contributed by atoms with Crippen LogP contribution in [0.1, 0.15) is 12.1 Å². The second kappa shape index (κ2) is 4.59. The van der Waals surface area contributed by atoms with Crippen LogP contribution in [0.25, 0.3) is 5.52 Å². The topological polar surface area (TPSA) is 36.7 Å². The molecule has 5 heteroatoms. The van der Waals surface area contributed by atoms with Gasteiger partial charge in [0, 0.05) is 44.6 Å². The SMILES string of the molecule is Cc1cc2c(N3CCC(N4CC=CC4)C3)nccn2n1. The lowest BCUT2D eigenvalue weighted by Crippen LogP contribution is -2.35. The molecule has 1 unspecified atom stereocenters. The number of aromatic nitrogens is 3. The third-order valence-corrected chi connectivity index (χ3v) is 4.32. The van der Waals surface area contributed by atoms with Crippen LogP contribution in [0.3, 0.4) is 0 Å². The fourth-order valence-electron chi connectivity index (χ4n) is 3.30. The van der Waals surface area contributed by atoms with Crippen molar-refractivity contribution in [3.63, 3.8) is 0 Å². The molecule has 0 bridgehead atoms. The minimum Gasteiger partial charge on any atom is -0.353 e. The monoisotopic (exact) mass is 269 g/mol. The van der Waals surface area contributed by atoms with Crippen molar-refractivity contribution in [1.82, 2.24) is 19.5 Å². The maximum absolute atomic E-state index is 4.59. The van der Waals surface area contributed by atoms with E-state index in [1.54, 1.807) is 0 Å². The van der Waals surface area contributed by atoms with E-state index in [0.717, 1.165) is 43.2 Å². The Kier molecular flexibility index (Phi) is 2.73. The molecule has 4 rings (SSSR count). The number of anilines is 1. The molecule has 4 heterocycles. The first-order chi connectivity index (χ1) is 9.81. The van der Waals surface area contributed by atoms with Gasteiger partial charge >= 0.3 is 0 Å². The molecule has 0 aliphatic carbocycles. The van der Waals surface area contributed by atoms with Gasteiger partial charge in [0.1, 0.15) is 5.52 Å². The van der Waals surface area contributed by atoms with Crippen LogP contribution in [-0.4, -0.2) is 51.7 Å². The van der Waals surface area contributed by atoms with Crippen LogP contribution in [0.15, 0.2) is 30.6 Å². The van der Waals surface area contributed by atoms with Gasteiger partial charge in [0.25, 0.3) is 0 Å². The molecule has 0 N–H and O–H groups in total. The van der Waals surface area contributed by atoms with E-state index in [2.05, 4.69) is 38.1 Å². The molecule has 1 atom stereocenters. The van der Waals surface area contributed by atoms with Gasteiger partial charge in [0.05, 0.1) is 5.69 Å². The summed E-state index contributed by atoms with van der Waals surface area (Å²) >= 11 is 0. The van der Waals surface area contributed by atoms with Gasteiger partial charge in [-0.1, -0.05) is 12.2 Å². The lowest BCUT2D eigenvalue weighted by atomic mass is 10.2. The Morgan fingerprint density at radius 1 is 1.25 bits per heavy atom. The van der Waals surface area contributed by atoms with Gasteiger partial charge in [0.2, 0.25) is 0 Å². The number of nitrogens with zero attached hydrogens (tertiary/aromatic N) is 5. The summed E-state index contributed by atoms with van der Waals surface area (Å²) in [4.78, 5) is 9.54. The molecule has 20 heavy (non-hydrogen) atoms. The zero-order valence-corrected chi connectivity index (χ0v) is 11.7. The molecule has 2 aliphatic rings. The smallest absolute Gasteiger partial charge is 0.154 e. The number of hydrogen-bond donors (Lipinski definition) is 0. The summed E-state index contributed by atoms with van der Waals surface area (Å²) < 4.78 is 1.93. The predicted molar refractivity (Wildman–Crippen MR) is 79.1 cm³/mol. The number of aryl methyl sites for hydroxylation is 1. The lowest BCUT2D eigenvalue weighted by molar-refractivity contribution is 0.271. The average Bonchev–Trinajstić information content (AvgIpc) is 3.17. The van der Waals surface area contributed by atoms with E-state index in [1.807, 2.05) is 23.8 Å². The van der Waals surface area contributed by atoms with Crippen LogP contribution >= 0.6 is 0 Å². The van der Waals surface area contributed by atoms with E-state index in [4.69, 9.17) is 0 Å². The van der Waals surface area contributed by atoms with Crippen molar-refractivity contribution in [1.29, 1.82) is 0 Å². The maximum atomic E-state index is 4.59. The fraction of sp³-hybridized carbons (Fsp3) is 0.467. The Hall–Kier alpha value is -1.88. The van der Waals surface area contributed by atoms with Crippen molar-refractivity contribution < 1.29 is 0 Å². The molecule has 1 saturated heterocycles. The zero-order valence-electron chi connectivity index (χ0n) is 11.7. The number of hydrogen-bond acceptors (Lipinski definition) is 4. The van der Waals surface area contributed by atoms with E-state index in [9.17, 15) is 0 Å². The molecule has 5 nitrogen and oxygen atoms in total. The second-order valence-corrected chi connectivity index (χ2v) is 5.68. The van der Waals surface area contributed by atoms with E-state index >= 15 is 0 Å². The first-order valence-electron chi connectivity index (χ1n) is 7.26. The number of rotatable bonds is 2. The highest BCUT2D eigenvalue weighted by Gasteiger charge is 2.29. The normalized spacial score (nSPS) is 23.2. The first kappa shape index (κ1) is 11.9. The molecule has 1 fully saturated rings. The Balaban J connectivity index is 1.60. The van der Waals surface area contributed by atoms with Gasteiger partial charge in [0.15, 0.2) is 5.82 Å². The Bertz CT molecular complexity index is 651. The van der Waals surface area contributed by atoms with Crippen molar-refractivity contribution in [3.05, 3.63) is 36.3 Å². The molecule has 104 valence electrons. The van der Waals surface area contributed by atoms with Gasteiger partial charge in [-0.2, -0.15) is 5.10 Å². The summed E-state index contributed by atoms with van der Waals surface area (Å²) in [5, 5.41) is 4.47. The van der Waals surface area contributed by atoms with Crippen LogP contribution in [-0.2, 0) is 0 Å². The minimum absolute atomic E-state index is 0.649. The summed E-state index contributed by atoms with van der Waals surface area (Å²) in [5.74, 6) is 1.07. The Morgan fingerprint density at radius 2 is 2.10 bits per heavy atom. The van der Waals surface area contributed by atoms with E-state index in [-0.39, 0.29) is 0 Å². The van der Waals surface area contributed by atoms with Crippen molar-refractivity contribution >= 4 is 11.3 Å². The van der Waals surface area contributed by atoms with Gasteiger partial charge in [-0.25, -0.2) is 9.50 Å². The van der Waals surface area contributed by atoms with Gasteiger partial charge < -0.3 is 4.90 Å². The third-order valence-electron chi connectivity index (χ3n) is 4.32. The second-order valence-electron chi connectivity index (χ2n) is 5.68. The quantitative estimate of drug-likeness (QED) is 0.774.